The van der Waals surface area contributed by atoms with Gasteiger partial charge >= 0.3 is 35.5 Å². The van der Waals surface area contributed by atoms with Gasteiger partial charge < -0.3 is 26.9 Å². The molecule has 0 aliphatic heterocycles. The Kier molecular flexibility index (Phi) is 7.00. The summed E-state index contributed by atoms with van der Waals surface area (Å²) < 4.78 is 7.16. The van der Waals surface area contributed by atoms with Gasteiger partial charge in [-0.05, 0) is 37.3 Å². The number of ether oxygens (including phenoxy) is 1. The molecule has 7 nitrogen and oxygen atoms in total. The number of pyridine rings is 1. The number of benzene rings is 1. The van der Waals surface area contributed by atoms with Crippen LogP contribution in [-0.4, -0.2) is 33.8 Å². The molecular weight excluding hydrogens is 347 g/mol. The molecule has 0 atom stereocenters. The number of carbonyl (C=O) groups excluding carboxylic acids is 1. The van der Waals surface area contributed by atoms with Gasteiger partial charge in [-0.25, -0.2) is 4.79 Å². The van der Waals surface area contributed by atoms with Crippen molar-refractivity contribution in [2.24, 2.45) is 0 Å². The van der Waals surface area contributed by atoms with Crippen molar-refractivity contribution in [1.82, 2.24) is 4.40 Å². The normalized spacial score (nSPS) is 9.92. The van der Waals surface area contributed by atoms with Gasteiger partial charge in [0.1, 0.15) is 11.4 Å². The zero-order valence-electron chi connectivity index (χ0n) is 15.7. The summed E-state index contributed by atoms with van der Waals surface area (Å²) in [5.74, 6) is -0.844. The van der Waals surface area contributed by atoms with Crippen molar-refractivity contribution >= 4 is 23.0 Å². The van der Waals surface area contributed by atoms with E-state index in [1.807, 2.05) is 18.2 Å². The third kappa shape index (κ3) is 3.47. The van der Waals surface area contributed by atoms with E-state index < -0.39 is 5.97 Å². The SMILES string of the molecule is COc1c(C)c(C(=O)c2ccc(N)c(C(=O)O)c2)n2ccccc12.O.[H-].[Na+]. The van der Waals surface area contributed by atoms with Crippen molar-refractivity contribution < 1.29 is 55.9 Å². The van der Waals surface area contributed by atoms with Crippen molar-refractivity contribution in [2.45, 2.75) is 6.92 Å². The summed E-state index contributed by atoms with van der Waals surface area (Å²) in [5.41, 5.74) is 7.85. The van der Waals surface area contributed by atoms with Crippen molar-refractivity contribution in [3.63, 3.8) is 0 Å². The van der Waals surface area contributed by atoms with E-state index in [0.29, 0.717) is 17.0 Å². The van der Waals surface area contributed by atoms with E-state index in [0.717, 1.165) is 5.52 Å². The number of anilines is 1. The smallest absolute Gasteiger partial charge is 1.00 e. The summed E-state index contributed by atoms with van der Waals surface area (Å²) >= 11 is 0. The molecule has 3 rings (SSSR count). The molecule has 0 saturated heterocycles. The molecule has 8 heteroatoms. The summed E-state index contributed by atoms with van der Waals surface area (Å²) in [6.07, 6.45) is 1.77. The number of carbonyl (C=O) groups is 2. The van der Waals surface area contributed by atoms with Gasteiger partial charge in [0.2, 0.25) is 5.78 Å². The van der Waals surface area contributed by atoms with Gasteiger partial charge in [0.05, 0.1) is 18.2 Å². The first-order valence-corrected chi connectivity index (χ1v) is 7.27. The maximum atomic E-state index is 13.0. The minimum atomic E-state index is -1.17. The second-order valence-corrected chi connectivity index (χ2v) is 5.40. The number of rotatable bonds is 4. The van der Waals surface area contributed by atoms with Crippen molar-refractivity contribution in [2.75, 3.05) is 12.8 Å². The summed E-state index contributed by atoms with van der Waals surface area (Å²) in [6, 6.07) is 9.78. The van der Waals surface area contributed by atoms with E-state index in [1.165, 1.54) is 18.2 Å². The van der Waals surface area contributed by atoms with Crippen molar-refractivity contribution in [1.29, 1.82) is 0 Å². The molecule has 1 aromatic carbocycles. The molecule has 2 aromatic heterocycles. The number of hydrogen-bond acceptors (Lipinski definition) is 4. The second-order valence-electron chi connectivity index (χ2n) is 5.40. The molecule has 26 heavy (non-hydrogen) atoms. The number of aromatic carboxylic acids is 1. The fourth-order valence-corrected chi connectivity index (χ4v) is 2.86. The Balaban J connectivity index is 0.00000225. The number of fused-ring (bicyclic) bond motifs is 1. The van der Waals surface area contributed by atoms with E-state index in [1.54, 1.807) is 24.6 Å². The standard InChI is InChI=1S/C18H16N2O4.Na.H2O.H/c1-10-15(20-8-4-3-5-14(20)17(10)24-2)16(21)11-6-7-13(19)12(9-11)18(22)23;;;/h3-9H,19H2,1-2H3,(H,22,23);;1H2;/q;+1;;-1. The van der Waals surface area contributed by atoms with Crippen LogP contribution in [0.2, 0.25) is 0 Å². The summed E-state index contributed by atoms with van der Waals surface area (Å²) in [5, 5.41) is 9.19. The third-order valence-corrected chi connectivity index (χ3v) is 3.99. The molecule has 0 spiro atoms. The van der Waals surface area contributed by atoms with Crippen LogP contribution in [0.15, 0.2) is 42.6 Å². The van der Waals surface area contributed by atoms with Crippen molar-refractivity contribution in [3.8, 4) is 5.75 Å². The molecule has 0 radical (unpaired) electrons. The zero-order chi connectivity index (χ0) is 17.4. The van der Waals surface area contributed by atoms with Crippen LogP contribution in [0.4, 0.5) is 5.69 Å². The van der Waals surface area contributed by atoms with Crippen LogP contribution in [0.1, 0.15) is 33.4 Å². The number of methoxy groups -OCH3 is 1. The maximum absolute atomic E-state index is 13.0. The number of nitrogens with two attached hydrogens (primary N) is 1. The molecule has 132 valence electrons. The summed E-state index contributed by atoms with van der Waals surface area (Å²) in [6.45, 7) is 1.80. The summed E-state index contributed by atoms with van der Waals surface area (Å²) in [7, 11) is 1.55. The van der Waals surface area contributed by atoms with Crippen LogP contribution in [0.25, 0.3) is 5.52 Å². The Morgan fingerprint density at radius 3 is 2.54 bits per heavy atom. The predicted octanol–water partition coefficient (Wildman–Crippen LogP) is -0.940. The van der Waals surface area contributed by atoms with Gasteiger partial charge in [0.25, 0.3) is 0 Å². The van der Waals surface area contributed by atoms with Gasteiger partial charge in [-0.1, -0.05) is 6.07 Å². The van der Waals surface area contributed by atoms with Gasteiger partial charge in [-0.3, -0.25) is 4.79 Å². The minimum absolute atomic E-state index is 0. The van der Waals surface area contributed by atoms with E-state index in [4.69, 9.17) is 10.5 Å². The number of ketones is 1. The van der Waals surface area contributed by atoms with Gasteiger partial charge in [-0.15, -0.1) is 0 Å². The largest absolute Gasteiger partial charge is 1.00 e. The number of nitrogen functional groups attached to an aromatic ring is 1. The Hall–Kier alpha value is -2.32. The van der Waals surface area contributed by atoms with E-state index >= 15 is 0 Å². The fraction of sp³-hybridized carbons (Fsp3) is 0.111. The molecule has 0 fully saturated rings. The van der Waals surface area contributed by atoms with Crippen LogP contribution in [-0.2, 0) is 0 Å². The van der Waals surface area contributed by atoms with E-state index in [2.05, 4.69) is 0 Å². The molecule has 2 heterocycles. The first kappa shape index (κ1) is 21.7. The monoisotopic (exact) mass is 366 g/mol. The molecule has 0 saturated carbocycles. The average Bonchev–Trinajstić information content (AvgIpc) is 2.85. The first-order valence-electron chi connectivity index (χ1n) is 7.27. The predicted molar refractivity (Wildman–Crippen MR) is 94.7 cm³/mol. The second kappa shape index (κ2) is 8.37. The van der Waals surface area contributed by atoms with Gasteiger partial charge in [-0.2, -0.15) is 0 Å². The molecular formula is C18H19N2NaO5. The molecule has 5 N–H and O–H groups in total. The van der Waals surface area contributed by atoms with E-state index in [9.17, 15) is 14.7 Å². The fourth-order valence-electron chi connectivity index (χ4n) is 2.86. The Bertz CT molecular complexity index is 987. The zero-order valence-corrected chi connectivity index (χ0v) is 16.7. The first-order chi connectivity index (χ1) is 11.5. The van der Waals surface area contributed by atoms with E-state index in [-0.39, 0.29) is 59.1 Å². The van der Waals surface area contributed by atoms with Crippen LogP contribution in [0, 0.1) is 6.92 Å². The number of hydrogen-bond donors (Lipinski definition) is 2. The van der Waals surface area contributed by atoms with Crippen molar-refractivity contribution in [3.05, 3.63) is 65.0 Å². The number of carboxylic acids is 1. The van der Waals surface area contributed by atoms with Crippen LogP contribution >= 0.6 is 0 Å². The van der Waals surface area contributed by atoms with Crippen LogP contribution in [0.5, 0.6) is 5.75 Å². The Morgan fingerprint density at radius 2 is 1.92 bits per heavy atom. The molecule has 3 aromatic rings. The van der Waals surface area contributed by atoms with Gasteiger partial charge in [0.15, 0.2) is 0 Å². The molecule has 0 aliphatic rings. The minimum Gasteiger partial charge on any atom is -1.00 e. The number of aromatic nitrogens is 1. The summed E-state index contributed by atoms with van der Waals surface area (Å²) in [4.78, 5) is 24.2. The molecule has 0 amide bonds. The molecule has 0 bridgehead atoms. The van der Waals surface area contributed by atoms with Crippen LogP contribution in [0.3, 0.4) is 0 Å². The Labute approximate surface area is 173 Å². The average molecular weight is 366 g/mol. The Morgan fingerprint density at radius 1 is 1.23 bits per heavy atom. The molecule has 0 unspecified atom stereocenters. The number of carboxylic acid groups (broad SMARTS) is 1. The van der Waals surface area contributed by atoms with Crippen LogP contribution < -0.4 is 40.0 Å². The molecule has 0 aliphatic carbocycles. The van der Waals surface area contributed by atoms with Gasteiger partial charge in [0, 0.05) is 23.0 Å². The number of nitrogens with zero attached hydrogens (tertiary/aromatic N) is 1. The topological polar surface area (TPSA) is 126 Å². The third-order valence-electron chi connectivity index (χ3n) is 3.99. The quantitative estimate of drug-likeness (QED) is 0.350. The maximum Gasteiger partial charge on any atom is 1.00 e.